The predicted octanol–water partition coefficient (Wildman–Crippen LogP) is 5.43. The first kappa shape index (κ1) is 31.4. The van der Waals surface area contributed by atoms with Crippen molar-refractivity contribution in [3.05, 3.63) is 62.9 Å². The van der Waals surface area contributed by atoms with Crippen LogP contribution in [0.3, 0.4) is 0 Å². The smallest absolute Gasteiger partial charge is 0.407 e. The van der Waals surface area contributed by atoms with Gasteiger partial charge in [-0.25, -0.2) is 14.6 Å². The van der Waals surface area contributed by atoms with E-state index in [0.29, 0.717) is 23.5 Å². The van der Waals surface area contributed by atoms with Gasteiger partial charge in [-0.1, -0.05) is 50.8 Å². The van der Waals surface area contributed by atoms with Crippen LogP contribution in [0.15, 0.2) is 35.1 Å². The van der Waals surface area contributed by atoms with Crippen LogP contribution in [0.5, 0.6) is 0 Å². The average Bonchev–Trinajstić information content (AvgIpc) is 3.30. The molecule has 1 atom stereocenters. The zero-order chi connectivity index (χ0) is 32.0. The summed E-state index contributed by atoms with van der Waals surface area (Å²) in [5.41, 5.74) is 2.21. The molecule has 0 saturated heterocycles. The second kappa shape index (κ2) is 11.5. The summed E-state index contributed by atoms with van der Waals surface area (Å²) in [6.45, 7) is 14.1. The van der Waals surface area contributed by atoms with Gasteiger partial charge in [-0.3, -0.25) is 9.59 Å². The van der Waals surface area contributed by atoms with Gasteiger partial charge < -0.3 is 24.1 Å². The first-order chi connectivity index (χ1) is 20.6. The highest BCUT2D eigenvalue weighted by Gasteiger charge is 2.50. The normalized spacial score (nSPS) is 17.4. The van der Waals surface area contributed by atoms with Crippen LogP contribution in [-0.2, 0) is 49.0 Å². The van der Waals surface area contributed by atoms with Crippen molar-refractivity contribution < 1.29 is 28.6 Å². The molecule has 44 heavy (non-hydrogen) atoms. The Balaban J connectivity index is 1.52. The largest absolute Gasteiger partial charge is 0.457 e. The minimum atomic E-state index is -1.80. The van der Waals surface area contributed by atoms with Gasteiger partial charge in [-0.15, -0.1) is 0 Å². The quantitative estimate of drug-likeness (QED) is 0.157. The van der Waals surface area contributed by atoms with E-state index in [-0.39, 0.29) is 37.1 Å². The van der Waals surface area contributed by atoms with E-state index in [2.05, 4.69) is 31.0 Å². The molecule has 3 aromatic rings. The van der Waals surface area contributed by atoms with Crippen LogP contribution in [-0.4, -0.2) is 47.8 Å². The van der Waals surface area contributed by atoms with Crippen molar-refractivity contribution in [3.8, 4) is 11.4 Å². The summed E-state index contributed by atoms with van der Waals surface area (Å²) >= 11 is 0. The second-order valence-electron chi connectivity index (χ2n) is 13.7. The monoisotopic (exact) mass is 619 g/mol. The summed E-state index contributed by atoms with van der Waals surface area (Å²) in [7, 11) is -1.37. The fourth-order valence-electron chi connectivity index (χ4n) is 5.88. The Hall–Kier alpha value is -3.99. The Morgan fingerprint density at radius 1 is 1.14 bits per heavy atom. The van der Waals surface area contributed by atoms with E-state index in [1.165, 1.54) is 5.56 Å². The summed E-state index contributed by atoms with van der Waals surface area (Å²) in [5, 5.41) is 3.61. The van der Waals surface area contributed by atoms with Gasteiger partial charge in [0.1, 0.15) is 12.2 Å². The van der Waals surface area contributed by atoms with Crippen LogP contribution in [0.4, 0.5) is 4.79 Å². The summed E-state index contributed by atoms with van der Waals surface area (Å²) in [4.78, 5) is 57.4. The van der Waals surface area contributed by atoms with Crippen LogP contribution in [0.2, 0.25) is 25.7 Å². The van der Waals surface area contributed by atoms with Gasteiger partial charge in [-0.05, 0) is 51.3 Å². The van der Waals surface area contributed by atoms with Crippen LogP contribution in [0, 0.1) is 0 Å². The number of amides is 1. The minimum absolute atomic E-state index is 0.0487. The average molecular weight is 620 g/mol. The SMILES string of the molecule is CCC1(OC(=O)CCNC(=O)OC(C)(C)C)C(=O)OCc2c1cc1n(c2=O)Cc2c-1nc1ccccc1c2CC[Si](C)(C)C. The van der Waals surface area contributed by atoms with E-state index >= 15 is 0 Å². The van der Waals surface area contributed by atoms with Crippen molar-refractivity contribution in [2.24, 2.45) is 0 Å². The molecule has 5 rings (SSSR count). The van der Waals surface area contributed by atoms with E-state index in [4.69, 9.17) is 19.2 Å². The Morgan fingerprint density at radius 2 is 1.86 bits per heavy atom. The Morgan fingerprint density at radius 3 is 2.55 bits per heavy atom. The third-order valence-electron chi connectivity index (χ3n) is 8.09. The molecule has 0 bridgehead atoms. The molecule has 2 aliphatic heterocycles. The van der Waals surface area contributed by atoms with Gasteiger partial charge in [0.2, 0.25) is 5.60 Å². The number of fused-ring (bicyclic) bond motifs is 5. The number of esters is 2. The predicted molar refractivity (Wildman–Crippen MR) is 169 cm³/mol. The number of hydrogen-bond donors (Lipinski definition) is 1. The highest BCUT2D eigenvalue weighted by molar-refractivity contribution is 6.76. The minimum Gasteiger partial charge on any atom is -0.457 e. The van der Waals surface area contributed by atoms with E-state index < -0.39 is 37.3 Å². The number of carbonyl (C=O) groups is 3. The lowest BCUT2D eigenvalue weighted by Crippen LogP contribution is -2.47. The van der Waals surface area contributed by atoms with Crippen molar-refractivity contribution in [1.29, 1.82) is 0 Å². The number of aryl methyl sites for hydroxylation is 1. The van der Waals surface area contributed by atoms with Crippen LogP contribution in [0.25, 0.3) is 22.3 Å². The lowest BCUT2D eigenvalue weighted by molar-refractivity contribution is -0.189. The number of hydrogen-bond acceptors (Lipinski definition) is 8. The summed E-state index contributed by atoms with van der Waals surface area (Å²) in [6.07, 6.45) is 0.0832. The molecule has 0 spiro atoms. The Labute approximate surface area is 258 Å². The summed E-state index contributed by atoms with van der Waals surface area (Å²) in [6, 6.07) is 10.9. The number of benzene rings is 1. The number of para-hydroxylation sites is 1. The summed E-state index contributed by atoms with van der Waals surface area (Å²) in [5.74, 6) is -1.45. The Bertz CT molecular complexity index is 1720. The van der Waals surface area contributed by atoms with Crippen molar-refractivity contribution in [2.45, 2.75) is 97.0 Å². The van der Waals surface area contributed by atoms with Crippen molar-refractivity contribution in [3.63, 3.8) is 0 Å². The molecule has 234 valence electrons. The highest BCUT2D eigenvalue weighted by atomic mass is 28.3. The number of rotatable bonds is 8. The maximum absolute atomic E-state index is 14.0. The molecule has 1 unspecified atom stereocenters. The lowest BCUT2D eigenvalue weighted by Gasteiger charge is -2.35. The number of alkyl carbamates (subject to hydrolysis) is 1. The van der Waals surface area contributed by atoms with Crippen molar-refractivity contribution in [1.82, 2.24) is 14.9 Å². The lowest BCUT2D eigenvalue weighted by atomic mass is 9.85. The van der Waals surface area contributed by atoms with E-state index in [1.807, 2.05) is 18.2 Å². The van der Waals surface area contributed by atoms with Gasteiger partial charge in [0.15, 0.2) is 0 Å². The Kier molecular flexibility index (Phi) is 8.21. The molecule has 2 aliphatic rings. The number of cyclic esters (lactones) is 1. The van der Waals surface area contributed by atoms with E-state index in [9.17, 15) is 19.2 Å². The molecule has 1 amide bonds. The third-order valence-corrected chi connectivity index (χ3v) is 9.84. The maximum Gasteiger partial charge on any atom is 0.407 e. The number of nitrogens with zero attached hydrogens (tertiary/aromatic N) is 2. The van der Waals surface area contributed by atoms with Crippen LogP contribution in [0.1, 0.15) is 62.8 Å². The van der Waals surface area contributed by atoms with Gasteiger partial charge in [-0.2, -0.15) is 0 Å². The number of carbonyl (C=O) groups excluding carboxylic acids is 3. The van der Waals surface area contributed by atoms with Gasteiger partial charge in [0.25, 0.3) is 5.56 Å². The molecule has 0 radical (unpaired) electrons. The molecule has 1 aromatic carbocycles. The van der Waals surface area contributed by atoms with Crippen molar-refractivity contribution >= 4 is 37.0 Å². The molecule has 0 fully saturated rings. The fourth-order valence-corrected chi connectivity index (χ4v) is 6.88. The van der Waals surface area contributed by atoms with Crippen molar-refractivity contribution in [2.75, 3.05) is 6.54 Å². The molecule has 0 saturated carbocycles. The van der Waals surface area contributed by atoms with Gasteiger partial charge in [0, 0.05) is 31.1 Å². The van der Waals surface area contributed by atoms with Crippen LogP contribution < -0.4 is 10.9 Å². The second-order valence-corrected chi connectivity index (χ2v) is 19.3. The number of ether oxygens (including phenoxy) is 3. The zero-order valence-corrected chi connectivity index (χ0v) is 27.6. The molecule has 10 nitrogen and oxygen atoms in total. The van der Waals surface area contributed by atoms with Gasteiger partial charge in [0.05, 0.1) is 35.4 Å². The maximum atomic E-state index is 14.0. The fraction of sp³-hybridized carbons (Fsp3) is 0.485. The molecular weight excluding hydrogens is 578 g/mol. The standard InChI is InChI=1S/C33H41N3O7Si/c1-8-33(42-27(37)13-15-34-31(40)43-32(2,3)4)24-17-26-28-22(18-36(26)29(38)23(24)19-41-30(33)39)20(14-16-44(5,6)7)21-11-9-10-12-25(21)35-28/h9-12,17H,8,13-16,18-19H2,1-7H3,(H,34,40). The van der Waals surface area contributed by atoms with E-state index in [0.717, 1.165) is 28.9 Å². The topological polar surface area (TPSA) is 126 Å². The first-order valence-electron chi connectivity index (χ1n) is 15.2. The number of nitrogens with one attached hydrogen (secondary N) is 1. The van der Waals surface area contributed by atoms with Gasteiger partial charge >= 0.3 is 18.0 Å². The molecule has 1 N–H and O–H groups in total. The van der Waals surface area contributed by atoms with E-state index in [1.54, 1.807) is 38.3 Å². The molecule has 2 aromatic heterocycles. The zero-order valence-electron chi connectivity index (χ0n) is 26.6. The van der Waals surface area contributed by atoms with Crippen LogP contribution >= 0.6 is 0 Å². The molecule has 0 aliphatic carbocycles. The number of pyridine rings is 2. The summed E-state index contributed by atoms with van der Waals surface area (Å²) < 4.78 is 18.2. The molecule has 4 heterocycles. The highest BCUT2D eigenvalue weighted by Crippen LogP contribution is 2.42. The molecular formula is C33H41N3O7Si. The third kappa shape index (κ3) is 6.02. The number of aromatic nitrogens is 2. The molecule has 11 heteroatoms. The first-order valence-corrected chi connectivity index (χ1v) is 18.9.